The molecule has 0 aliphatic heterocycles. The maximum Gasteiger partial charge on any atom is 0.274 e. The third-order valence-corrected chi connectivity index (χ3v) is 6.98. The molecule has 1 amide bonds. The first-order valence-corrected chi connectivity index (χ1v) is 10.8. The summed E-state index contributed by atoms with van der Waals surface area (Å²) in [4.78, 5) is 13.9. The summed E-state index contributed by atoms with van der Waals surface area (Å²) < 4.78 is 0. The van der Waals surface area contributed by atoms with Crippen molar-refractivity contribution in [1.29, 1.82) is 0 Å². The second kappa shape index (κ2) is 9.70. The second-order valence-electron chi connectivity index (χ2n) is 8.93. The summed E-state index contributed by atoms with van der Waals surface area (Å²) in [6.45, 7) is 3.20. The van der Waals surface area contributed by atoms with Crippen LogP contribution in [0.15, 0.2) is 24.3 Å². The molecule has 3 atom stereocenters. The third-order valence-electron chi connectivity index (χ3n) is 6.98. The minimum absolute atomic E-state index is 0.460. The Hall–Kier alpha value is -1.39. The number of fused-ring (bicyclic) bond motifs is 2. The molecule has 3 unspecified atom stereocenters. The maximum atomic E-state index is 11.4. The van der Waals surface area contributed by atoms with Crippen molar-refractivity contribution in [3.63, 3.8) is 0 Å². The fourth-order valence-corrected chi connectivity index (χ4v) is 5.51. The van der Waals surface area contributed by atoms with Gasteiger partial charge in [-0.2, -0.15) is 0 Å². The zero-order valence-corrected chi connectivity index (χ0v) is 17.0. The van der Waals surface area contributed by atoms with Gasteiger partial charge in [0.1, 0.15) is 0 Å². The highest BCUT2D eigenvalue weighted by Gasteiger charge is 2.31. The van der Waals surface area contributed by atoms with Gasteiger partial charge in [-0.25, -0.2) is 5.48 Å². The Morgan fingerprint density at radius 3 is 2.44 bits per heavy atom. The Kier molecular flexibility index (Phi) is 7.31. The van der Waals surface area contributed by atoms with Gasteiger partial charge in [-0.3, -0.25) is 14.9 Å². The summed E-state index contributed by atoms with van der Waals surface area (Å²) in [5.41, 5.74) is 3.37. The van der Waals surface area contributed by atoms with Gasteiger partial charge in [0.15, 0.2) is 0 Å². The van der Waals surface area contributed by atoms with E-state index < -0.39 is 5.91 Å². The van der Waals surface area contributed by atoms with Gasteiger partial charge in [-0.05, 0) is 81.0 Å². The number of amides is 1. The molecule has 2 fully saturated rings. The molecule has 4 nitrogen and oxygen atoms in total. The summed E-state index contributed by atoms with van der Waals surface area (Å²) in [6, 6.07) is 8.13. The topological polar surface area (TPSA) is 52.6 Å². The second-order valence-corrected chi connectivity index (χ2v) is 8.93. The summed E-state index contributed by atoms with van der Waals surface area (Å²) in [5.74, 6) is 2.54. The summed E-state index contributed by atoms with van der Waals surface area (Å²) in [7, 11) is 2.22. The van der Waals surface area contributed by atoms with Crippen LogP contribution < -0.4 is 5.48 Å². The lowest BCUT2D eigenvalue weighted by molar-refractivity contribution is 0.0706. The van der Waals surface area contributed by atoms with E-state index in [0.29, 0.717) is 11.6 Å². The highest BCUT2D eigenvalue weighted by Crippen LogP contribution is 2.44. The molecule has 150 valence electrons. The number of hydrogen-bond acceptors (Lipinski definition) is 3. The van der Waals surface area contributed by atoms with Crippen LogP contribution in [0, 0.1) is 17.8 Å². The monoisotopic (exact) mass is 372 g/mol. The highest BCUT2D eigenvalue weighted by atomic mass is 16.5. The number of hydroxylamine groups is 1. The van der Waals surface area contributed by atoms with Crippen molar-refractivity contribution in [2.24, 2.45) is 17.8 Å². The lowest BCUT2D eigenvalue weighted by atomic mass is 9.67. The third kappa shape index (κ3) is 5.55. The molecule has 0 spiro atoms. The van der Waals surface area contributed by atoms with Crippen molar-refractivity contribution >= 4 is 5.91 Å². The Labute approximate surface area is 164 Å². The van der Waals surface area contributed by atoms with Crippen LogP contribution in [0.25, 0.3) is 0 Å². The van der Waals surface area contributed by atoms with E-state index in [2.05, 4.69) is 18.9 Å². The van der Waals surface area contributed by atoms with Crippen molar-refractivity contribution in [2.45, 2.75) is 77.3 Å². The number of nitrogens with one attached hydrogen (secondary N) is 1. The van der Waals surface area contributed by atoms with Gasteiger partial charge in [0.2, 0.25) is 0 Å². The number of benzene rings is 1. The van der Waals surface area contributed by atoms with Crippen molar-refractivity contribution in [3.8, 4) is 0 Å². The number of carbonyl (C=O) groups excluding carboxylic acids is 1. The molecule has 3 rings (SSSR count). The molecular weight excluding hydrogens is 336 g/mol. The fourth-order valence-electron chi connectivity index (χ4n) is 5.51. The normalized spacial score (nSPS) is 26.0. The Morgan fingerprint density at radius 1 is 1.19 bits per heavy atom. The van der Waals surface area contributed by atoms with Gasteiger partial charge in [-0.1, -0.05) is 38.3 Å². The zero-order chi connectivity index (χ0) is 19.2. The summed E-state index contributed by atoms with van der Waals surface area (Å²) >= 11 is 0. The molecule has 4 heteroatoms. The van der Waals surface area contributed by atoms with Crippen LogP contribution in [0.5, 0.6) is 0 Å². The molecule has 27 heavy (non-hydrogen) atoms. The van der Waals surface area contributed by atoms with Gasteiger partial charge in [0, 0.05) is 18.2 Å². The minimum Gasteiger partial charge on any atom is -0.299 e. The largest absolute Gasteiger partial charge is 0.299 e. The zero-order valence-electron chi connectivity index (χ0n) is 17.0. The van der Waals surface area contributed by atoms with Gasteiger partial charge >= 0.3 is 0 Å². The van der Waals surface area contributed by atoms with Crippen molar-refractivity contribution < 1.29 is 10.0 Å². The average molecular weight is 373 g/mol. The molecule has 2 N–H and O–H groups in total. The predicted molar refractivity (Wildman–Crippen MR) is 109 cm³/mol. The first-order chi connectivity index (χ1) is 13.1. The van der Waals surface area contributed by atoms with Gasteiger partial charge in [0.25, 0.3) is 5.91 Å². The van der Waals surface area contributed by atoms with Crippen molar-refractivity contribution in [3.05, 3.63) is 35.4 Å². The predicted octanol–water partition coefficient (Wildman–Crippen LogP) is 5.01. The SMILES string of the molecule is CCC(CCC1CC2CCCC(C2)C1)N(C)Cc1ccc(C(=O)NO)cc1. The molecule has 0 radical (unpaired) electrons. The summed E-state index contributed by atoms with van der Waals surface area (Å²) in [5, 5.41) is 8.72. The van der Waals surface area contributed by atoms with Gasteiger partial charge < -0.3 is 0 Å². The van der Waals surface area contributed by atoms with E-state index >= 15 is 0 Å². The first kappa shape index (κ1) is 20.3. The van der Waals surface area contributed by atoms with E-state index in [4.69, 9.17) is 5.21 Å². The van der Waals surface area contributed by atoms with Gasteiger partial charge in [-0.15, -0.1) is 0 Å². The number of rotatable bonds is 8. The molecule has 0 aromatic heterocycles. The van der Waals surface area contributed by atoms with Crippen LogP contribution in [-0.2, 0) is 6.54 Å². The van der Waals surface area contributed by atoms with Crippen molar-refractivity contribution in [1.82, 2.24) is 10.4 Å². The lowest BCUT2D eigenvalue weighted by Gasteiger charge is -2.40. The quantitative estimate of drug-likeness (QED) is 0.498. The first-order valence-electron chi connectivity index (χ1n) is 10.8. The Balaban J connectivity index is 1.48. The van der Waals surface area contributed by atoms with Crippen LogP contribution in [-0.4, -0.2) is 29.1 Å². The number of nitrogens with zero attached hydrogens (tertiary/aromatic N) is 1. The Morgan fingerprint density at radius 2 is 1.85 bits per heavy atom. The van der Waals surface area contributed by atoms with E-state index in [1.165, 1.54) is 63.4 Å². The Bertz CT molecular complexity index is 589. The fraction of sp³-hybridized carbons (Fsp3) is 0.696. The molecule has 0 heterocycles. The molecule has 0 saturated heterocycles. The molecule has 2 saturated carbocycles. The minimum atomic E-state index is -0.460. The van der Waals surface area contributed by atoms with E-state index in [1.54, 1.807) is 17.6 Å². The van der Waals surface area contributed by atoms with Crippen LogP contribution in [0.4, 0.5) is 0 Å². The molecule has 2 aliphatic rings. The van der Waals surface area contributed by atoms with Crippen LogP contribution in [0.3, 0.4) is 0 Å². The molecule has 2 aliphatic carbocycles. The van der Waals surface area contributed by atoms with Gasteiger partial charge in [0.05, 0.1) is 0 Å². The van der Waals surface area contributed by atoms with E-state index in [9.17, 15) is 4.79 Å². The van der Waals surface area contributed by atoms with Crippen LogP contribution in [0.2, 0.25) is 0 Å². The highest BCUT2D eigenvalue weighted by molar-refractivity contribution is 5.93. The lowest BCUT2D eigenvalue weighted by Crippen LogP contribution is -2.32. The standard InChI is InChI=1S/C23H36N2O2/c1-3-22(12-9-20-14-18-5-4-6-19(13-18)15-20)25(2)16-17-7-10-21(11-8-17)23(26)24-27/h7-8,10-11,18-20,22,27H,3-6,9,12-16H2,1-2H3,(H,24,26). The number of carbonyl (C=O) groups is 1. The van der Waals surface area contributed by atoms with E-state index in [1.807, 2.05) is 12.1 Å². The molecule has 2 bridgehead atoms. The molecule has 1 aromatic rings. The maximum absolute atomic E-state index is 11.4. The number of hydrogen-bond donors (Lipinski definition) is 2. The average Bonchev–Trinajstić information content (AvgIpc) is 2.68. The van der Waals surface area contributed by atoms with Crippen LogP contribution in [0.1, 0.15) is 80.6 Å². The molecule has 1 aromatic carbocycles. The van der Waals surface area contributed by atoms with E-state index in [0.717, 1.165) is 24.3 Å². The smallest absolute Gasteiger partial charge is 0.274 e. The van der Waals surface area contributed by atoms with Crippen molar-refractivity contribution in [2.75, 3.05) is 7.05 Å². The molecular formula is C23H36N2O2. The summed E-state index contributed by atoms with van der Waals surface area (Å²) in [6.07, 6.45) is 12.8. The van der Waals surface area contributed by atoms with Crippen LogP contribution >= 0.6 is 0 Å². The van der Waals surface area contributed by atoms with E-state index in [-0.39, 0.29) is 0 Å².